The zero-order valence-electron chi connectivity index (χ0n) is 16.4. The van der Waals surface area contributed by atoms with E-state index in [0.29, 0.717) is 17.8 Å². The molecule has 0 aliphatic carbocycles. The molecule has 0 spiro atoms. The lowest BCUT2D eigenvalue weighted by molar-refractivity contribution is -0.120. The van der Waals surface area contributed by atoms with Crippen LogP contribution >= 0.6 is 23.2 Å². The number of carbonyl (C=O) groups is 3. The summed E-state index contributed by atoms with van der Waals surface area (Å²) in [6.45, 7) is 1.20. The van der Waals surface area contributed by atoms with Gasteiger partial charge in [-0.25, -0.2) is 4.90 Å². The Hall–Kier alpha value is -2.87. The molecule has 1 fully saturated rings. The Labute approximate surface area is 189 Å². The average molecular weight is 460 g/mol. The van der Waals surface area contributed by atoms with Gasteiger partial charge in [-0.15, -0.1) is 0 Å². The van der Waals surface area contributed by atoms with Crippen molar-refractivity contribution in [3.63, 3.8) is 0 Å². The summed E-state index contributed by atoms with van der Waals surface area (Å²) < 4.78 is 5.50. The predicted molar refractivity (Wildman–Crippen MR) is 118 cm³/mol. The molecular weight excluding hydrogens is 441 g/mol. The van der Waals surface area contributed by atoms with Crippen LogP contribution in [0, 0.1) is 0 Å². The summed E-state index contributed by atoms with van der Waals surface area (Å²) in [5.74, 6) is -1.48. The van der Waals surface area contributed by atoms with E-state index < -0.39 is 11.8 Å². The van der Waals surface area contributed by atoms with Crippen LogP contribution in [-0.2, 0) is 14.3 Å². The van der Waals surface area contributed by atoms with Crippen LogP contribution in [0.25, 0.3) is 0 Å². The summed E-state index contributed by atoms with van der Waals surface area (Å²) in [6.07, 6.45) is 2.01. The summed E-state index contributed by atoms with van der Waals surface area (Å²) in [5.41, 5.74) is 1.18. The highest BCUT2D eigenvalue weighted by Crippen LogP contribution is 2.34. The Bertz CT molecular complexity index is 1060. The molecule has 1 unspecified atom stereocenters. The number of carbonyl (C=O) groups excluding carboxylic acids is 3. The number of halogens is 2. The number of hydrogen-bond acceptors (Lipinski definition) is 5. The molecule has 9 heteroatoms. The van der Waals surface area contributed by atoms with E-state index in [2.05, 4.69) is 10.6 Å². The summed E-state index contributed by atoms with van der Waals surface area (Å²) in [4.78, 5) is 38.6. The van der Waals surface area contributed by atoms with Gasteiger partial charge < -0.3 is 15.4 Å². The van der Waals surface area contributed by atoms with Gasteiger partial charge in [0.1, 0.15) is 10.7 Å². The quantitative estimate of drug-likeness (QED) is 0.643. The minimum atomic E-state index is -0.660. The van der Waals surface area contributed by atoms with E-state index in [4.69, 9.17) is 27.9 Å². The van der Waals surface area contributed by atoms with Crippen LogP contribution in [0.15, 0.2) is 59.3 Å². The van der Waals surface area contributed by atoms with E-state index in [-0.39, 0.29) is 33.5 Å². The molecule has 160 valence electrons. The smallest absolute Gasteiger partial charge is 0.283 e. The third-order valence-corrected chi connectivity index (χ3v) is 5.72. The number of rotatable bonds is 6. The van der Waals surface area contributed by atoms with Gasteiger partial charge in [-0.3, -0.25) is 14.4 Å². The Morgan fingerprint density at radius 3 is 2.48 bits per heavy atom. The van der Waals surface area contributed by atoms with E-state index >= 15 is 0 Å². The van der Waals surface area contributed by atoms with Gasteiger partial charge in [0.05, 0.1) is 16.8 Å². The van der Waals surface area contributed by atoms with Crippen molar-refractivity contribution in [2.24, 2.45) is 0 Å². The maximum atomic E-state index is 12.8. The maximum Gasteiger partial charge on any atom is 0.283 e. The van der Waals surface area contributed by atoms with Gasteiger partial charge in [0.15, 0.2) is 0 Å². The van der Waals surface area contributed by atoms with E-state index in [1.165, 1.54) is 0 Å². The topological polar surface area (TPSA) is 87.7 Å². The van der Waals surface area contributed by atoms with Crippen LogP contribution in [0.3, 0.4) is 0 Å². The second-order valence-electron chi connectivity index (χ2n) is 7.13. The van der Waals surface area contributed by atoms with Crippen LogP contribution in [-0.4, -0.2) is 37.0 Å². The number of benzene rings is 2. The normalized spacial score (nSPS) is 18.6. The van der Waals surface area contributed by atoms with Gasteiger partial charge in [0, 0.05) is 24.4 Å². The molecule has 2 heterocycles. The van der Waals surface area contributed by atoms with Crippen LogP contribution in [0.2, 0.25) is 5.02 Å². The number of anilines is 2. The molecule has 7 nitrogen and oxygen atoms in total. The van der Waals surface area contributed by atoms with Crippen molar-refractivity contribution in [1.82, 2.24) is 5.32 Å². The second kappa shape index (κ2) is 9.09. The van der Waals surface area contributed by atoms with E-state index in [9.17, 15) is 14.4 Å². The van der Waals surface area contributed by atoms with Crippen molar-refractivity contribution >= 4 is 52.3 Å². The molecule has 1 atom stereocenters. The molecule has 1 saturated heterocycles. The molecule has 2 aliphatic heterocycles. The summed E-state index contributed by atoms with van der Waals surface area (Å²) in [5, 5.41) is 5.75. The van der Waals surface area contributed by atoms with Crippen LogP contribution in [0.4, 0.5) is 11.4 Å². The lowest BCUT2D eigenvalue weighted by Gasteiger charge is -2.16. The van der Waals surface area contributed by atoms with Crippen molar-refractivity contribution in [1.29, 1.82) is 0 Å². The Balaban J connectivity index is 1.44. The molecule has 2 aromatic rings. The minimum absolute atomic E-state index is 0.0535. The molecular formula is C22H19Cl2N3O4. The largest absolute Gasteiger partial charge is 0.376 e. The lowest BCUT2D eigenvalue weighted by Crippen LogP contribution is -2.32. The highest BCUT2D eigenvalue weighted by atomic mass is 35.5. The van der Waals surface area contributed by atoms with Crippen molar-refractivity contribution in [2.75, 3.05) is 23.4 Å². The third kappa shape index (κ3) is 4.44. The van der Waals surface area contributed by atoms with Crippen LogP contribution in [0.1, 0.15) is 23.2 Å². The van der Waals surface area contributed by atoms with Gasteiger partial charge in [-0.2, -0.15) is 0 Å². The molecule has 0 radical (unpaired) electrons. The number of amides is 3. The van der Waals surface area contributed by atoms with Gasteiger partial charge >= 0.3 is 0 Å². The van der Waals surface area contributed by atoms with Gasteiger partial charge in [-0.1, -0.05) is 35.3 Å². The van der Waals surface area contributed by atoms with Gasteiger partial charge in [0.25, 0.3) is 17.7 Å². The lowest BCUT2D eigenvalue weighted by atomic mass is 10.1. The first-order valence-corrected chi connectivity index (χ1v) is 10.5. The molecule has 0 bridgehead atoms. The molecule has 2 aromatic carbocycles. The number of imide groups is 1. The highest BCUT2D eigenvalue weighted by Gasteiger charge is 2.39. The van der Waals surface area contributed by atoms with Crippen molar-refractivity contribution in [2.45, 2.75) is 18.9 Å². The van der Waals surface area contributed by atoms with Gasteiger partial charge in [-0.05, 0) is 49.2 Å². The number of para-hydroxylation sites is 1. The number of ether oxygens (including phenoxy) is 1. The first-order valence-electron chi connectivity index (χ1n) is 9.75. The third-order valence-electron chi connectivity index (χ3n) is 5.05. The predicted octanol–water partition coefficient (Wildman–Crippen LogP) is 3.68. The first kappa shape index (κ1) is 21.4. The maximum absolute atomic E-state index is 12.8. The molecule has 2 aliphatic rings. The van der Waals surface area contributed by atoms with E-state index in [1.54, 1.807) is 48.5 Å². The number of nitrogens with one attached hydrogen (secondary N) is 2. The monoisotopic (exact) mass is 459 g/mol. The summed E-state index contributed by atoms with van der Waals surface area (Å²) >= 11 is 12.3. The molecule has 3 amide bonds. The van der Waals surface area contributed by atoms with E-state index in [1.807, 2.05) is 0 Å². The molecule has 31 heavy (non-hydrogen) atoms. The summed E-state index contributed by atoms with van der Waals surface area (Å²) in [7, 11) is 0. The van der Waals surface area contributed by atoms with Crippen molar-refractivity contribution in [3.05, 3.63) is 69.8 Å². The molecule has 2 N–H and O–H groups in total. The zero-order valence-corrected chi connectivity index (χ0v) is 17.9. The Kier molecular flexibility index (Phi) is 6.27. The Morgan fingerprint density at radius 2 is 1.81 bits per heavy atom. The molecule has 4 rings (SSSR count). The Morgan fingerprint density at radius 1 is 1.06 bits per heavy atom. The van der Waals surface area contributed by atoms with Crippen LogP contribution in [0.5, 0.6) is 0 Å². The summed E-state index contributed by atoms with van der Waals surface area (Å²) in [6, 6.07) is 13.0. The van der Waals surface area contributed by atoms with Crippen molar-refractivity contribution in [3.8, 4) is 0 Å². The van der Waals surface area contributed by atoms with Crippen LogP contribution < -0.4 is 15.5 Å². The fourth-order valence-corrected chi connectivity index (χ4v) is 3.86. The minimum Gasteiger partial charge on any atom is -0.376 e. The number of nitrogens with zero attached hydrogens (tertiary/aromatic N) is 1. The molecule has 0 saturated carbocycles. The SMILES string of the molecule is O=C(NCC1CCCO1)c1ccc(NC2=C(Cl)C(=O)N(c3ccccc3Cl)C2=O)cc1. The highest BCUT2D eigenvalue weighted by molar-refractivity contribution is 6.53. The van der Waals surface area contributed by atoms with Gasteiger partial charge in [0.2, 0.25) is 0 Å². The average Bonchev–Trinajstić information content (AvgIpc) is 3.37. The van der Waals surface area contributed by atoms with Crippen molar-refractivity contribution < 1.29 is 19.1 Å². The standard InChI is InChI=1S/C22H19Cl2N3O4/c23-16-5-1-2-6-17(16)27-21(29)18(24)19(22(27)30)26-14-9-7-13(8-10-14)20(28)25-12-15-4-3-11-31-15/h1-2,5-10,15,26H,3-4,11-12H2,(H,25,28). The van der Waals surface area contributed by atoms with E-state index in [0.717, 1.165) is 24.3 Å². The first-order chi connectivity index (χ1) is 15.0. The fourth-order valence-electron chi connectivity index (χ4n) is 3.43. The fraction of sp³-hybridized carbons (Fsp3) is 0.227. The second-order valence-corrected chi connectivity index (χ2v) is 7.92. The number of hydrogen-bond donors (Lipinski definition) is 2. The molecule has 0 aromatic heterocycles. The zero-order chi connectivity index (χ0) is 22.0.